The Labute approximate surface area is 95.4 Å². The normalized spacial score (nSPS) is 16.5. The molecule has 1 heterocycles. The summed E-state index contributed by atoms with van der Waals surface area (Å²) in [7, 11) is 0. The van der Waals surface area contributed by atoms with Crippen LogP contribution < -0.4 is 0 Å². The van der Waals surface area contributed by atoms with Crippen LogP contribution in [-0.2, 0) is 9.59 Å². The molecular weight excluding hydrogens is 208 g/mol. The molecule has 1 aliphatic rings. The van der Waals surface area contributed by atoms with E-state index in [1.807, 2.05) is 13.8 Å². The van der Waals surface area contributed by atoms with Gasteiger partial charge in [-0.3, -0.25) is 19.4 Å². The minimum Gasteiger partial charge on any atom is -0.263 e. The molecule has 1 fully saturated rings. The van der Waals surface area contributed by atoms with Crippen LogP contribution in [0.1, 0.15) is 39.5 Å². The molecule has 0 aromatic rings. The molecule has 0 N–H and O–H groups in total. The number of imide groups is 2. The molecule has 5 nitrogen and oxygen atoms in total. The number of carbonyl (C=O) groups excluding carboxylic acids is 3. The molecule has 0 aromatic heterocycles. The lowest BCUT2D eigenvalue weighted by molar-refractivity contribution is -0.143. The summed E-state index contributed by atoms with van der Waals surface area (Å²) in [6, 6.07) is -0.447. The van der Waals surface area contributed by atoms with E-state index in [9.17, 15) is 14.4 Å². The second-order valence-corrected chi connectivity index (χ2v) is 3.90. The first-order valence-electron chi connectivity index (χ1n) is 5.80. The molecule has 0 aliphatic carbocycles. The molecule has 5 heteroatoms. The Hall–Kier alpha value is -1.39. The molecular formula is C11H18N2O3. The smallest absolute Gasteiger partial charge is 0.263 e. The quantitative estimate of drug-likeness (QED) is 0.508. The maximum Gasteiger partial charge on any atom is 0.334 e. The van der Waals surface area contributed by atoms with Gasteiger partial charge in [0, 0.05) is 13.1 Å². The van der Waals surface area contributed by atoms with Gasteiger partial charge in [0.15, 0.2) is 0 Å². The number of rotatable bonds is 6. The van der Waals surface area contributed by atoms with Crippen molar-refractivity contribution in [1.82, 2.24) is 9.80 Å². The second kappa shape index (κ2) is 5.63. The van der Waals surface area contributed by atoms with Crippen LogP contribution in [0.5, 0.6) is 0 Å². The molecule has 0 aromatic carbocycles. The van der Waals surface area contributed by atoms with Crippen LogP contribution in [0.25, 0.3) is 0 Å². The molecule has 0 unspecified atom stereocenters. The van der Waals surface area contributed by atoms with Gasteiger partial charge in [-0.1, -0.05) is 26.7 Å². The summed E-state index contributed by atoms with van der Waals surface area (Å²) in [5.74, 6) is -1.34. The Kier molecular flexibility index (Phi) is 4.46. The fourth-order valence-corrected chi connectivity index (χ4v) is 1.58. The third-order valence-corrected chi connectivity index (χ3v) is 2.61. The van der Waals surface area contributed by atoms with Crippen molar-refractivity contribution in [2.45, 2.75) is 39.5 Å². The maximum atomic E-state index is 11.7. The highest BCUT2D eigenvalue weighted by Crippen LogP contribution is 2.13. The number of unbranched alkanes of at least 4 members (excludes halogenated alkanes) is 2. The van der Waals surface area contributed by atoms with E-state index in [2.05, 4.69) is 0 Å². The van der Waals surface area contributed by atoms with Crippen molar-refractivity contribution >= 4 is 17.8 Å². The highest BCUT2D eigenvalue weighted by Gasteiger charge is 2.43. The lowest BCUT2D eigenvalue weighted by Gasteiger charge is -2.14. The lowest BCUT2D eigenvalue weighted by atomic mass is 10.3. The topological polar surface area (TPSA) is 57.7 Å². The molecule has 1 aliphatic heterocycles. The first-order valence-corrected chi connectivity index (χ1v) is 5.80. The highest BCUT2D eigenvalue weighted by atomic mass is 16.2. The van der Waals surface area contributed by atoms with E-state index in [-0.39, 0.29) is 0 Å². The zero-order valence-electron chi connectivity index (χ0n) is 9.86. The molecule has 1 saturated heterocycles. The van der Waals surface area contributed by atoms with E-state index < -0.39 is 17.8 Å². The van der Waals surface area contributed by atoms with E-state index in [1.165, 1.54) is 0 Å². The lowest BCUT2D eigenvalue weighted by Crippen LogP contribution is -2.34. The molecule has 0 bridgehead atoms. The summed E-state index contributed by atoms with van der Waals surface area (Å²) in [5, 5.41) is 0. The minimum atomic E-state index is -0.672. The second-order valence-electron chi connectivity index (χ2n) is 3.90. The Morgan fingerprint density at radius 1 is 0.812 bits per heavy atom. The van der Waals surface area contributed by atoms with Crippen molar-refractivity contribution in [3.63, 3.8) is 0 Å². The zero-order chi connectivity index (χ0) is 12.1. The summed E-state index contributed by atoms with van der Waals surface area (Å²) < 4.78 is 0. The van der Waals surface area contributed by atoms with Gasteiger partial charge in [0.2, 0.25) is 0 Å². The fraction of sp³-hybridized carbons (Fsp3) is 0.727. The summed E-state index contributed by atoms with van der Waals surface area (Å²) in [6.07, 6.45) is 3.26. The van der Waals surface area contributed by atoms with E-state index in [0.29, 0.717) is 13.1 Å². The summed E-state index contributed by atoms with van der Waals surface area (Å²) in [5.41, 5.74) is 0. The molecule has 16 heavy (non-hydrogen) atoms. The standard InChI is InChI=1S/C11H18N2O3/c1-3-5-7-12-9(14)10(15)13(11(12)16)8-6-4-2/h3-8H2,1-2H3. The molecule has 1 rings (SSSR count). The average Bonchev–Trinajstić information content (AvgIpc) is 2.47. The van der Waals surface area contributed by atoms with Crippen molar-refractivity contribution in [2.75, 3.05) is 13.1 Å². The Bertz CT molecular complexity index is 274. The van der Waals surface area contributed by atoms with E-state index >= 15 is 0 Å². The fourth-order valence-electron chi connectivity index (χ4n) is 1.58. The van der Waals surface area contributed by atoms with Crippen LogP contribution in [0.4, 0.5) is 4.79 Å². The first-order chi connectivity index (χ1) is 7.63. The van der Waals surface area contributed by atoms with Crippen LogP contribution in [0, 0.1) is 0 Å². The Morgan fingerprint density at radius 2 is 1.19 bits per heavy atom. The van der Waals surface area contributed by atoms with Crippen LogP contribution in [0.15, 0.2) is 0 Å². The van der Waals surface area contributed by atoms with Crippen LogP contribution in [-0.4, -0.2) is 40.7 Å². The molecule has 0 spiro atoms. The third kappa shape index (κ3) is 2.40. The Morgan fingerprint density at radius 3 is 1.50 bits per heavy atom. The molecule has 0 saturated carbocycles. The molecule has 0 atom stereocenters. The summed E-state index contributed by atoms with van der Waals surface area (Å²) >= 11 is 0. The molecule has 4 amide bonds. The van der Waals surface area contributed by atoms with Crippen molar-refractivity contribution < 1.29 is 14.4 Å². The van der Waals surface area contributed by atoms with Gasteiger partial charge >= 0.3 is 17.8 Å². The van der Waals surface area contributed by atoms with Crippen LogP contribution >= 0.6 is 0 Å². The number of carbonyl (C=O) groups is 3. The van der Waals surface area contributed by atoms with Crippen molar-refractivity contribution in [3.05, 3.63) is 0 Å². The van der Waals surface area contributed by atoms with E-state index in [1.54, 1.807) is 0 Å². The number of nitrogens with zero attached hydrogens (tertiary/aromatic N) is 2. The summed E-state index contributed by atoms with van der Waals surface area (Å²) in [4.78, 5) is 36.9. The highest BCUT2D eigenvalue weighted by molar-refractivity contribution is 6.44. The van der Waals surface area contributed by atoms with Gasteiger partial charge in [0.05, 0.1) is 0 Å². The number of hydrogen-bond acceptors (Lipinski definition) is 3. The number of urea groups is 1. The van der Waals surface area contributed by atoms with Crippen molar-refractivity contribution in [3.8, 4) is 0 Å². The summed E-state index contributed by atoms with van der Waals surface area (Å²) in [6.45, 7) is 4.65. The first kappa shape index (κ1) is 12.7. The van der Waals surface area contributed by atoms with Gasteiger partial charge in [0.25, 0.3) is 0 Å². The monoisotopic (exact) mass is 226 g/mol. The van der Waals surface area contributed by atoms with Crippen molar-refractivity contribution in [2.24, 2.45) is 0 Å². The van der Waals surface area contributed by atoms with Gasteiger partial charge in [-0.15, -0.1) is 0 Å². The Balaban J connectivity index is 2.66. The minimum absolute atomic E-state index is 0.350. The number of amides is 4. The van der Waals surface area contributed by atoms with Crippen LogP contribution in [0.2, 0.25) is 0 Å². The average molecular weight is 226 g/mol. The van der Waals surface area contributed by atoms with Crippen molar-refractivity contribution in [1.29, 1.82) is 0 Å². The largest absolute Gasteiger partial charge is 0.334 e. The van der Waals surface area contributed by atoms with Crippen LogP contribution in [0.3, 0.4) is 0 Å². The van der Waals surface area contributed by atoms with Gasteiger partial charge < -0.3 is 0 Å². The van der Waals surface area contributed by atoms with Gasteiger partial charge in [-0.25, -0.2) is 4.79 Å². The maximum absolute atomic E-state index is 11.7. The predicted molar refractivity (Wildman–Crippen MR) is 58.6 cm³/mol. The molecule has 90 valence electrons. The predicted octanol–water partition coefficient (Wildman–Crippen LogP) is 1.38. The van der Waals surface area contributed by atoms with E-state index in [0.717, 1.165) is 35.5 Å². The zero-order valence-corrected chi connectivity index (χ0v) is 9.86. The number of hydrogen-bond donors (Lipinski definition) is 0. The SMILES string of the molecule is CCCCN1C(=O)C(=O)N(CCCC)C1=O. The third-order valence-electron chi connectivity index (χ3n) is 2.61. The van der Waals surface area contributed by atoms with E-state index in [4.69, 9.17) is 0 Å². The molecule has 0 radical (unpaired) electrons. The van der Waals surface area contributed by atoms with Gasteiger partial charge in [-0.2, -0.15) is 0 Å². The van der Waals surface area contributed by atoms with Gasteiger partial charge in [0.1, 0.15) is 0 Å². The van der Waals surface area contributed by atoms with Gasteiger partial charge in [-0.05, 0) is 12.8 Å².